The first-order valence-electron chi connectivity index (χ1n) is 39.6. The van der Waals surface area contributed by atoms with Gasteiger partial charge in [0.2, 0.25) is 0 Å². The molecule has 0 aromatic rings. The van der Waals surface area contributed by atoms with Crippen LogP contribution in [0.3, 0.4) is 0 Å². The number of hydrogen-bond acceptors (Lipinski definition) is 0. The van der Waals surface area contributed by atoms with Gasteiger partial charge in [-0.05, 0) is 24.7 Å². The summed E-state index contributed by atoms with van der Waals surface area (Å²) in [5.41, 5.74) is 0. The van der Waals surface area contributed by atoms with Crippen LogP contribution in [0.4, 0.5) is 0 Å². The smallest absolute Gasteiger partial charge is 0.0213 e. The van der Waals surface area contributed by atoms with Gasteiger partial charge in [0.05, 0.1) is 0 Å². The maximum atomic E-state index is 2.63. The van der Waals surface area contributed by atoms with Crippen molar-refractivity contribution in [1.82, 2.24) is 0 Å². The monoisotopic (exact) mass is 1120 g/mol. The van der Waals surface area contributed by atoms with Crippen molar-refractivity contribution in [3.05, 3.63) is 5.92 Å². The number of unbranched alkanes of at least 4 members (excludes halogenated alkanes) is 68. The molecule has 0 amide bonds. The zero-order valence-electron chi connectivity index (χ0n) is 57.4. The molecular weight excluding hydrogens is 961 g/mol. The molecule has 0 saturated carbocycles. The fourth-order valence-corrected chi connectivity index (χ4v) is 13.7. The van der Waals surface area contributed by atoms with Crippen molar-refractivity contribution < 1.29 is 0 Å². The fourth-order valence-electron chi connectivity index (χ4n) is 13.7. The molecule has 0 heterocycles. The summed E-state index contributed by atoms with van der Waals surface area (Å²) in [6.07, 6.45) is 110. The molecule has 0 bridgehead atoms. The van der Waals surface area contributed by atoms with Crippen LogP contribution in [0.1, 0.15) is 503 Å². The summed E-state index contributed by atoms with van der Waals surface area (Å²) < 4.78 is 0. The van der Waals surface area contributed by atoms with Crippen molar-refractivity contribution in [1.29, 1.82) is 0 Å². The summed E-state index contributed by atoms with van der Waals surface area (Å²) >= 11 is 0. The van der Waals surface area contributed by atoms with Crippen LogP contribution in [-0.4, -0.2) is 0 Å². The van der Waals surface area contributed by atoms with Crippen LogP contribution < -0.4 is 0 Å². The molecule has 0 saturated heterocycles. The molecule has 0 heteroatoms. The molecule has 0 N–H and O–H groups in total. The largest absolute Gasteiger partial charge is 0.0654 e. The lowest BCUT2D eigenvalue weighted by Gasteiger charge is -2.24. The topological polar surface area (TPSA) is 0 Å². The van der Waals surface area contributed by atoms with Gasteiger partial charge in [-0.2, -0.15) is 0 Å². The maximum Gasteiger partial charge on any atom is -0.0213 e. The minimum absolute atomic E-state index is 0.860. The molecule has 0 rings (SSSR count). The lowest BCUT2D eigenvalue weighted by atomic mass is 9.81. The van der Waals surface area contributed by atoms with E-state index in [1.807, 2.05) is 5.92 Å². The normalized spacial score (nSPS) is 12.3. The summed E-state index contributed by atoms with van der Waals surface area (Å²) in [4.78, 5) is 0. The first-order chi connectivity index (χ1) is 39.8. The van der Waals surface area contributed by atoms with Gasteiger partial charge in [-0.1, -0.05) is 490 Å². The van der Waals surface area contributed by atoms with Crippen LogP contribution >= 0.6 is 0 Å². The highest BCUT2D eigenvalue weighted by Gasteiger charge is 2.17. The average Bonchev–Trinajstić information content (AvgIpc) is 3.46. The van der Waals surface area contributed by atoms with Crippen molar-refractivity contribution >= 4 is 0 Å². The molecule has 0 aliphatic carbocycles. The van der Waals surface area contributed by atoms with E-state index in [-0.39, 0.29) is 0 Å². The molecule has 1 unspecified atom stereocenters. The van der Waals surface area contributed by atoms with Gasteiger partial charge in [0.15, 0.2) is 0 Å². The van der Waals surface area contributed by atoms with Gasteiger partial charge >= 0.3 is 0 Å². The van der Waals surface area contributed by atoms with E-state index in [2.05, 4.69) is 27.7 Å². The van der Waals surface area contributed by atoms with Gasteiger partial charge in [-0.3, -0.25) is 0 Å². The molecule has 481 valence electrons. The van der Waals surface area contributed by atoms with E-state index in [9.17, 15) is 0 Å². The summed E-state index contributed by atoms with van der Waals surface area (Å²) in [6, 6.07) is 0. The fraction of sp³-hybridized carbons (Fsp3) is 0.988. The van der Waals surface area contributed by atoms with Gasteiger partial charge in [0, 0.05) is 0 Å². The predicted octanol–water partition coefficient (Wildman–Crippen LogP) is 31.1. The van der Waals surface area contributed by atoms with Gasteiger partial charge in [-0.25, -0.2) is 0 Å². The van der Waals surface area contributed by atoms with Crippen molar-refractivity contribution in [2.75, 3.05) is 0 Å². The summed E-state index contributed by atoms with van der Waals surface area (Å²) in [7, 11) is 0. The third-order valence-electron chi connectivity index (χ3n) is 19.6. The average molecular weight is 1120 g/mol. The number of hydrogen-bond donors (Lipinski definition) is 0. The number of rotatable bonds is 75. The second kappa shape index (κ2) is 75.1. The quantitative estimate of drug-likeness (QED) is 0.0533. The van der Waals surface area contributed by atoms with Gasteiger partial charge in [0.1, 0.15) is 0 Å². The Morgan fingerprint density at radius 3 is 0.400 bits per heavy atom. The molecule has 0 nitrogen and oxygen atoms in total. The van der Waals surface area contributed by atoms with Crippen molar-refractivity contribution in [2.45, 2.75) is 503 Å². The minimum Gasteiger partial charge on any atom is -0.0654 e. The lowest BCUT2D eigenvalue weighted by Crippen LogP contribution is -2.10. The molecule has 1 atom stereocenters. The van der Waals surface area contributed by atoms with Crippen molar-refractivity contribution in [3.8, 4) is 0 Å². The SMILES string of the molecule is CCCCCCCCCCCCCCCCCCCCCCCCCCC[C](CCCCCCCCCCCCCCCCCCCCCCCCCCC)C(C)CCCCCCCCCCCCCCCCCCCCCCC. The maximum absolute atomic E-state index is 2.63. The first kappa shape index (κ1) is 80.0. The Bertz CT molecular complexity index is 958. The van der Waals surface area contributed by atoms with E-state index in [0.29, 0.717) is 0 Å². The van der Waals surface area contributed by atoms with Crippen LogP contribution in [0.2, 0.25) is 0 Å². The summed E-state index contributed by atoms with van der Waals surface area (Å²) in [5, 5.41) is 0. The third-order valence-corrected chi connectivity index (χ3v) is 19.6. The molecule has 0 aliphatic rings. The van der Waals surface area contributed by atoms with Crippen LogP contribution in [0.25, 0.3) is 0 Å². The highest BCUT2D eigenvalue weighted by atomic mass is 14.2. The van der Waals surface area contributed by atoms with E-state index in [4.69, 9.17) is 0 Å². The second-order valence-corrected chi connectivity index (χ2v) is 27.9. The molecular formula is C80H161. The van der Waals surface area contributed by atoms with Crippen LogP contribution in [0.5, 0.6) is 0 Å². The minimum atomic E-state index is 0.860. The zero-order chi connectivity index (χ0) is 57.5. The summed E-state index contributed by atoms with van der Waals surface area (Å²) in [6.45, 7) is 9.60. The molecule has 0 aromatic carbocycles. The van der Waals surface area contributed by atoms with E-state index in [1.165, 1.54) is 475 Å². The second-order valence-electron chi connectivity index (χ2n) is 27.9. The highest BCUT2D eigenvalue weighted by molar-refractivity contribution is 4.94. The molecule has 0 aliphatic heterocycles. The van der Waals surface area contributed by atoms with E-state index in [1.54, 1.807) is 0 Å². The standard InChI is InChI=1S/C80H161/c1-5-8-11-14-17-20-23-26-29-32-35-38-40-42-44-47-50-53-56-59-62-65-68-71-74-77-80(79(4)76-73-70-67-64-61-58-55-52-49-46-37-34-31-28-25-22-19-16-13-10-7-3)78-75-72-69-66-63-60-57-54-51-48-45-43-41-39-36-33-30-27-24-21-18-15-12-9-6-2/h79H,5-78H2,1-4H3. The Labute approximate surface area is 512 Å². The Balaban J connectivity index is 4.08. The Hall–Kier alpha value is 0. The Morgan fingerprint density at radius 2 is 0.263 bits per heavy atom. The molecule has 80 heavy (non-hydrogen) atoms. The molecule has 0 fully saturated rings. The zero-order valence-corrected chi connectivity index (χ0v) is 57.4. The summed E-state index contributed by atoms with van der Waals surface area (Å²) in [5.74, 6) is 2.83. The van der Waals surface area contributed by atoms with Gasteiger partial charge in [-0.15, -0.1) is 0 Å². The van der Waals surface area contributed by atoms with Gasteiger partial charge < -0.3 is 0 Å². The van der Waals surface area contributed by atoms with Gasteiger partial charge in [0.25, 0.3) is 0 Å². The van der Waals surface area contributed by atoms with E-state index in [0.717, 1.165) is 5.92 Å². The van der Waals surface area contributed by atoms with E-state index < -0.39 is 0 Å². The molecule has 1 radical (unpaired) electrons. The molecule has 0 spiro atoms. The van der Waals surface area contributed by atoms with Crippen molar-refractivity contribution in [3.63, 3.8) is 0 Å². The third kappa shape index (κ3) is 70.5. The Kier molecular flexibility index (Phi) is 75.1. The molecule has 0 aromatic heterocycles. The van der Waals surface area contributed by atoms with Crippen LogP contribution in [-0.2, 0) is 0 Å². The van der Waals surface area contributed by atoms with Crippen LogP contribution in [0.15, 0.2) is 0 Å². The van der Waals surface area contributed by atoms with E-state index >= 15 is 0 Å². The Morgan fingerprint density at radius 1 is 0.150 bits per heavy atom. The van der Waals surface area contributed by atoms with Crippen molar-refractivity contribution in [2.24, 2.45) is 5.92 Å². The lowest BCUT2D eigenvalue weighted by molar-refractivity contribution is 0.427. The first-order valence-corrected chi connectivity index (χ1v) is 39.6. The van der Waals surface area contributed by atoms with Crippen LogP contribution in [0, 0.1) is 11.8 Å². The predicted molar refractivity (Wildman–Crippen MR) is 371 cm³/mol. The highest BCUT2D eigenvalue weighted by Crippen LogP contribution is 2.32.